The van der Waals surface area contributed by atoms with Crippen molar-refractivity contribution in [2.45, 2.75) is 6.92 Å². The highest BCUT2D eigenvalue weighted by molar-refractivity contribution is 9.10. The Hall–Kier alpha value is -1.87. The van der Waals surface area contributed by atoms with Crippen LogP contribution in [-0.2, 0) is 4.79 Å². The zero-order valence-electron chi connectivity index (χ0n) is 10.5. The van der Waals surface area contributed by atoms with Crippen LogP contribution in [0.5, 0.6) is 5.75 Å². The second-order valence-corrected chi connectivity index (χ2v) is 4.91. The Morgan fingerprint density at radius 3 is 2.32 bits per heavy atom. The molecule has 0 heterocycles. The van der Waals surface area contributed by atoms with Crippen LogP contribution in [0.15, 0.2) is 53.5 Å². The Morgan fingerprint density at radius 1 is 1.16 bits per heavy atom. The second-order valence-electron chi connectivity index (χ2n) is 4.06. The summed E-state index contributed by atoms with van der Waals surface area (Å²) < 4.78 is 6.01. The first kappa shape index (κ1) is 13.6. The van der Waals surface area contributed by atoms with Crippen molar-refractivity contribution in [3.63, 3.8) is 0 Å². The van der Waals surface area contributed by atoms with Crippen molar-refractivity contribution in [2.24, 2.45) is 0 Å². The standard InChI is InChI=1S/C16H13BrO2/c1-3-12-4-5-14(10-16(12)17)13-6-8-15(9-7-13)19-11(2)18/h3-10H,1H2,2H3. The Labute approximate surface area is 120 Å². The first-order valence-electron chi connectivity index (χ1n) is 5.81. The van der Waals surface area contributed by atoms with E-state index in [-0.39, 0.29) is 5.97 Å². The molecular formula is C16H13BrO2. The summed E-state index contributed by atoms with van der Waals surface area (Å²) in [5.41, 5.74) is 3.21. The van der Waals surface area contributed by atoms with Crippen LogP contribution in [0.3, 0.4) is 0 Å². The highest BCUT2D eigenvalue weighted by Crippen LogP contribution is 2.27. The third-order valence-electron chi connectivity index (χ3n) is 2.67. The molecule has 2 nitrogen and oxygen atoms in total. The third-order valence-corrected chi connectivity index (χ3v) is 3.36. The monoisotopic (exact) mass is 316 g/mol. The number of ether oxygens (including phenoxy) is 1. The van der Waals surface area contributed by atoms with Gasteiger partial charge in [0.1, 0.15) is 5.75 Å². The molecule has 0 atom stereocenters. The lowest BCUT2D eigenvalue weighted by molar-refractivity contribution is -0.131. The fraction of sp³-hybridized carbons (Fsp3) is 0.0625. The average Bonchev–Trinajstić information content (AvgIpc) is 2.39. The van der Waals surface area contributed by atoms with E-state index in [2.05, 4.69) is 22.5 Å². The summed E-state index contributed by atoms with van der Waals surface area (Å²) in [5, 5.41) is 0. The number of rotatable bonds is 3. The van der Waals surface area contributed by atoms with Crippen molar-refractivity contribution >= 4 is 28.0 Å². The van der Waals surface area contributed by atoms with E-state index in [0.29, 0.717) is 5.75 Å². The summed E-state index contributed by atoms with van der Waals surface area (Å²) in [5.74, 6) is 0.240. The molecule has 0 aromatic heterocycles. The summed E-state index contributed by atoms with van der Waals surface area (Å²) >= 11 is 3.51. The number of carbonyl (C=O) groups excluding carboxylic acids is 1. The third kappa shape index (κ3) is 3.32. The van der Waals surface area contributed by atoms with Crippen molar-refractivity contribution < 1.29 is 9.53 Å². The molecular weight excluding hydrogens is 304 g/mol. The van der Waals surface area contributed by atoms with Crippen molar-refractivity contribution in [3.8, 4) is 16.9 Å². The van der Waals surface area contributed by atoms with Gasteiger partial charge >= 0.3 is 5.97 Å². The molecule has 0 N–H and O–H groups in total. The van der Waals surface area contributed by atoms with Crippen LogP contribution in [0, 0.1) is 0 Å². The molecule has 2 aromatic rings. The van der Waals surface area contributed by atoms with Crippen LogP contribution >= 0.6 is 15.9 Å². The Balaban J connectivity index is 2.29. The lowest BCUT2D eigenvalue weighted by atomic mass is 10.0. The zero-order chi connectivity index (χ0) is 13.8. The van der Waals surface area contributed by atoms with E-state index in [1.807, 2.05) is 30.3 Å². The average molecular weight is 317 g/mol. The molecule has 0 radical (unpaired) electrons. The second kappa shape index (κ2) is 5.85. The van der Waals surface area contributed by atoms with Crippen LogP contribution < -0.4 is 4.74 Å². The molecule has 19 heavy (non-hydrogen) atoms. The van der Waals surface area contributed by atoms with Gasteiger partial charge in [-0.15, -0.1) is 0 Å². The summed E-state index contributed by atoms with van der Waals surface area (Å²) in [6.07, 6.45) is 1.80. The van der Waals surface area contributed by atoms with Gasteiger partial charge in [0.25, 0.3) is 0 Å². The van der Waals surface area contributed by atoms with E-state index >= 15 is 0 Å². The van der Waals surface area contributed by atoms with Gasteiger partial charge in [-0.05, 0) is 34.9 Å². The van der Waals surface area contributed by atoms with Crippen LogP contribution in [0.1, 0.15) is 12.5 Å². The first-order chi connectivity index (χ1) is 9.10. The van der Waals surface area contributed by atoms with Gasteiger partial charge in [-0.1, -0.05) is 52.9 Å². The molecule has 0 bridgehead atoms. The van der Waals surface area contributed by atoms with E-state index in [0.717, 1.165) is 21.2 Å². The van der Waals surface area contributed by atoms with Crippen LogP contribution in [-0.4, -0.2) is 5.97 Å². The molecule has 0 saturated carbocycles. The van der Waals surface area contributed by atoms with Crippen LogP contribution in [0.2, 0.25) is 0 Å². The molecule has 0 aliphatic carbocycles. The van der Waals surface area contributed by atoms with Gasteiger partial charge in [0, 0.05) is 11.4 Å². The molecule has 96 valence electrons. The lowest BCUT2D eigenvalue weighted by Crippen LogP contribution is -2.00. The van der Waals surface area contributed by atoms with E-state index in [4.69, 9.17) is 4.74 Å². The van der Waals surface area contributed by atoms with Crippen molar-refractivity contribution in [2.75, 3.05) is 0 Å². The van der Waals surface area contributed by atoms with Gasteiger partial charge in [-0.3, -0.25) is 4.79 Å². The lowest BCUT2D eigenvalue weighted by Gasteiger charge is -2.06. The molecule has 0 aliphatic heterocycles. The number of hydrogen-bond acceptors (Lipinski definition) is 2. The fourth-order valence-electron chi connectivity index (χ4n) is 1.75. The highest BCUT2D eigenvalue weighted by atomic mass is 79.9. The zero-order valence-corrected chi connectivity index (χ0v) is 12.1. The minimum Gasteiger partial charge on any atom is -0.427 e. The molecule has 3 heteroatoms. The molecule has 0 fully saturated rings. The molecule has 0 amide bonds. The molecule has 0 saturated heterocycles. The molecule has 0 unspecified atom stereocenters. The fourth-order valence-corrected chi connectivity index (χ4v) is 2.29. The van der Waals surface area contributed by atoms with Crippen molar-refractivity contribution in [1.29, 1.82) is 0 Å². The van der Waals surface area contributed by atoms with Gasteiger partial charge in [0.15, 0.2) is 0 Å². The number of esters is 1. The number of halogens is 1. The first-order valence-corrected chi connectivity index (χ1v) is 6.60. The number of benzene rings is 2. The summed E-state index contributed by atoms with van der Waals surface area (Å²) in [6.45, 7) is 5.14. The SMILES string of the molecule is C=Cc1ccc(-c2ccc(OC(C)=O)cc2)cc1Br. The Morgan fingerprint density at radius 2 is 1.79 bits per heavy atom. The van der Waals surface area contributed by atoms with Gasteiger partial charge in [-0.25, -0.2) is 0 Å². The topological polar surface area (TPSA) is 26.3 Å². The largest absolute Gasteiger partial charge is 0.427 e. The van der Waals surface area contributed by atoms with Gasteiger partial charge in [0.2, 0.25) is 0 Å². The van der Waals surface area contributed by atoms with Crippen LogP contribution in [0.4, 0.5) is 0 Å². The van der Waals surface area contributed by atoms with Gasteiger partial charge in [0.05, 0.1) is 0 Å². The van der Waals surface area contributed by atoms with Crippen molar-refractivity contribution in [1.82, 2.24) is 0 Å². The van der Waals surface area contributed by atoms with Gasteiger partial charge < -0.3 is 4.74 Å². The maximum Gasteiger partial charge on any atom is 0.308 e. The van der Waals surface area contributed by atoms with E-state index in [1.165, 1.54) is 6.92 Å². The predicted molar refractivity (Wildman–Crippen MR) is 81.0 cm³/mol. The molecule has 2 rings (SSSR count). The Bertz CT molecular complexity index is 615. The minimum absolute atomic E-state index is 0.314. The highest BCUT2D eigenvalue weighted by Gasteiger charge is 2.03. The van der Waals surface area contributed by atoms with Gasteiger partial charge in [-0.2, -0.15) is 0 Å². The quantitative estimate of drug-likeness (QED) is 0.607. The van der Waals surface area contributed by atoms with E-state index < -0.39 is 0 Å². The minimum atomic E-state index is -0.314. The van der Waals surface area contributed by atoms with E-state index in [1.54, 1.807) is 18.2 Å². The van der Waals surface area contributed by atoms with E-state index in [9.17, 15) is 4.79 Å². The summed E-state index contributed by atoms with van der Waals surface area (Å²) in [7, 11) is 0. The smallest absolute Gasteiger partial charge is 0.308 e. The maximum absolute atomic E-state index is 10.8. The maximum atomic E-state index is 10.8. The molecule has 0 aliphatic rings. The molecule has 0 spiro atoms. The Kier molecular flexibility index (Phi) is 4.17. The van der Waals surface area contributed by atoms with Crippen LogP contribution in [0.25, 0.3) is 17.2 Å². The van der Waals surface area contributed by atoms with Crippen molar-refractivity contribution in [3.05, 3.63) is 59.1 Å². The summed E-state index contributed by atoms with van der Waals surface area (Å²) in [6, 6.07) is 13.5. The normalized spacial score (nSPS) is 10.0. The molecule has 2 aromatic carbocycles. The number of carbonyl (C=O) groups is 1. The number of hydrogen-bond donors (Lipinski definition) is 0. The predicted octanol–water partition coefficient (Wildman–Crippen LogP) is 4.68. The summed E-state index contributed by atoms with van der Waals surface area (Å²) in [4.78, 5) is 10.8.